The first-order valence-corrected chi connectivity index (χ1v) is 7.39. The van der Waals surface area contributed by atoms with Gasteiger partial charge < -0.3 is 34.8 Å². The lowest BCUT2D eigenvalue weighted by Crippen LogP contribution is -2.12. The number of ether oxygens (including phenoxy) is 3. The summed E-state index contributed by atoms with van der Waals surface area (Å²) in [7, 11) is 1.63. The Morgan fingerprint density at radius 1 is 1.14 bits per heavy atom. The summed E-state index contributed by atoms with van der Waals surface area (Å²) >= 11 is 0. The summed E-state index contributed by atoms with van der Waals surface area (Å²) in [5.74, 6) is 0.204. The molecule has 1 unspecified atom stereocenters. The van der Waals surface area contributed by atoms with Crippen LogP contribution in [0.3, 0.4) is 0 Å². The van der Waals surface area contributed by atoms with Crippen LogP contribution in [0.2, 0.25) is 0 Å². The molecule has 1 atom stereocenters. The average molecular weight is 325 g/mol. The van der Waals surface area contributed by atoms with E-state index in [1.807, 2.05) is 0 Å². The molecule has 0 radical (unpaired) electrons. The van der Waals surface area contributed by atoms with Crippen molar-refractivity contribution >= 4 is 5.91 Å². The molecule has 0 spiro atoms. The molecule has 1 fully saturated rings. The van der Waals surface area contributed by atoms with Crippen molar-refractivity contribution in [1.82, 2.24) is 5.32 Å². The second-order valence-corrected chi connectivity index (χ2v) is 4.43. The number of methoxy groups -OCH3 is 1. The van der Waals surface area contributed by atoms with Gasteiger partial charge in [-0.05, 0) is 13.3 Å². The molecule has 1 aliphatic rings. The third-order valence-corrected chi connectivity index (χ3v) is 2.21. The SMILES string of the molecule is CC(O)CO.COCCOCCOCCO.O=C1CCCN1. The Morgan fingerprint density at radius 3 is 2.00 bits per heavy atom. The highest BCUT2D eigenvalue weighted by molar-refractivity contribution is 5.77. The van der Waals surface area contributed by atoms with Gasteiger partial charge in [0.05, 0.1) is 52.4 Å². The molecule has 0 saturated carbocycles. The van der Waals surface area contributed by atoms with Gasteiger partial charge in [0.2, 0.25) is 5.91 Å². The number of aliphatic hydroxyl groups excluding tert-OH is 3. The Hall–Kier alpha value is -0.770. The topological polar surface area (TPSA) is 117 Å². The van der Waals surface area contributed by atoms with Crippen LogP contribution in [-0.4, -0.2) is 87.2 Å². The summed E-state index contributed by atoms with van der Waals surface area (Å²) in [5.41, 5.74) is 0. The van der Waals surface area contributed by atoms with Crippen molar-refractivity contribution in [2.45, 2.75) is 25.9 Å². The van der Waals surface area contributed by atoms with Gasteiger partial charge in [-0.2, -0.15) is 0 Å². The minimum absolute atomic E-state index is 0.0675. The number of carbonyl (C=O) groups excluding carboxylic acids is 1. The van der Waals surface area contributed by atoms with Gasteiger partial charge in [0.25, 0.3) is 0 Å². The van der Waals surface area contributed by atoms with E-state index in [9.17, 15) is 4.79 Å². The highest BCUT2D eigenvalue weighted by Gasteiger charge is 2.05. The zero-order chi connectivity index (χ0) is 17.1. The second kappa shape index (κ2) is 20.2. The largest absolute Gasteiger partial charge is 0.394 e. The van der Waals surface area contributed by atoms with Crippen LogP contribution < -0.4 is 5.32 Å². The quantitative estimate of drug-likeness (QED) is 0.398. The highest BCUT2D eigenvalue weighted by Crippen LogP contribution is 1.93. The second-order valence-electron chi connectivity index (χ2n) is 4.43. The standard InChI is InChI=1S/C7H16O4.C4H7NO.C3H8O2/c1-9-4-5-11-7-6-10-3-2-8;6-4-2-1-3-5-4;1-3(5)2-4/h8H,2-7H2,1H3;1-3H2,(H,5,6);3-5H,2H2,1H3. The molecular weight excluding hydrogens is 294 g/mol. The van der Waals surface area contributed by atoms with Gasteiger partial charge in [0.1, 0.15) is 0 Å². The molecule has 1 rings (SSSR count). The predicted octanol–water partition coefficient (Wildman–Crippen LogP) is -1.09. The van der Waals surface area contributed by atoms with E-state index in [-0.39, 0.29) is 19.1 Å². The molecule has 22 heavy (non-hydrogen) atoms. The number of hydrogen-bond acceptors (Lipinski definition) is 7. The maximum atomic E-state index is 10.1. The van der Waals surface area contributed by atoms with E-state index in [0.717, 1.165) is 19.4 Å². The van der Waals surface area contributed by atoms with Gasteiger partial charge >= 0.3 is 0 Å². The normalized spacial score (nSPS) is 14.3. The third kappa shape index (κ3) is 24.3. The van der Waals surface area contributed by atoms with Gasteiger partial charge in [-0.1, -0.05) is 0 Å². The van der Waals surface area contributed by atoms with Crippen molar-refractivity contribution in [2.75, 3.05) is 59.9 Å². The molecule has 0 aromatic rings. The Morgan fingerprint density at radius 2 is 1.68 bits per heavy atom. The number of nitrogens with one attached hydrogen (secondary N) is 1. The molecule has 0 aromatic carbocycles. The maximum Gasteiger partial charge on any atom is 0.220 e. The van der Waals surface area contributed by atoms with E-state index in [1.165, 1.54) is 6.92 Å². The minimum Gasteiger partial charge on any atom is -0.394 e. The Kier molecular flexibility index (Phi) is 21.6. The number of rotatable bonds is 9. The van der Waals surface area contributed by atoms with E-state index >= 15 is 0 Å². The van der Waals surface area contributed by atoms with Crippen molar-refractivity contribution in [3.05, 3.63) is 0 Å². The van der Waals surface area contributed by atoms with Crippen molar-refractivity contribution < 1.29 is 34.3 Å². The number of aliphatic hydroxyl groups is 3. The Bertz CT molecular complexity index is 211. The number of carbonyl (C=O) groups is 1. The Labute approximate surface area is 132 Å². The minimum atomic E-state index is -0.560. The lowest BCUT2D eigenvalue weighted by Gasteiger charge is -2.03. The highest BCUT2D eigenvalue weighted by atomic mass is 16.5. The van der Waals surface area contributed by atoms with E-state index < -0.39 is 6.10 Å². The smallest absolute Gasteiger partial charge is 0.220 e. The average Bonchev–Trinajstić information content (AvgIpc) is 2.99. The summed E-state index contributed by atoms with van der Waals surface area (Å²) in [5, 5.41) is 27.0. The van der Waals surface area contributed by atoms with Gasteiger partial charge in [0.15, 0.2) is 0 Å². The Balaban J connectivity index is 0. The van der Waals surface area contributed by atoms with Crippen LogP contribution in [0, 0.1) is 0 Å². The van der Waals surface area contributed by atoms with Crippen LogP contribution >= 0.6 is 0 Å². The number of hydrogen-bond donors (Lipinski definition) is 4. The van der Waals surface area contributed by atoms with E-state index in [0.29, 0.717) is 33.0 Å². The summed E-state index contributed by atoms with van der Waals surface area (Å²) < 4.78 is 14.8. The fraction of sp³-hybridized carbons (Fsp3) is 0.929. The van der Waals surface area contributed by atoms with Crippen LogP contribution in [0.5, 0.6) is 0 Å². The molecule has 0 aliphatic carbocycles. The molecule has 8 nitrogen and oxygen atoms in total. The van der Waals surface area contributed by atoms with Gasteiger partial charge in [0, 0.05) is 20.1 Å². The van der Waals surface area contributed by atoms with Gasteiger partial charge in [-0.15, -0.1) is 0 Å². The molecule has 8 heteroatoms. The molecule has 1 heterocycles. The molecule has 1 saturated heterocycles. The van der Waals surface area contributed by atoms with Crippen LogP contribution in [0.4, 0.5) is 0 Å². The molecular formula is C14H31NO7. The van der Waals surface area contributed by atoms with Crippen LogP contribution in [0.15, 0.2) is 0 Å². The van der Waals surface area contributed by atoms with Gasteiger partial charge in [-0.25, -0.2) is 0 Å². The molecule has 1 aliphatic heterocycles. The fourth-order valence-corrected chi connectivity index (χ4v) is 1.09. The fourth-order valence-electron chi connectivity index (χ4n) is 1.09. The summed E-state index contributed by atoms with van der Waals surface area (Å²) in [6, 6.07) is 0. The van der Waals surface area contributed by atoms with Crippen LogP contribution in [0.1, 0.15) is 19.8 Å². The predicted molar refractivity (Wildman–Crippen MR) is 81.6 cm³/mol. The lowest BCUT2D eigenvalue weighted by molar-refractivity contribution is -0.119. The molecule has 0 bridgehead atoms. The monoisotopic (exact) mass is 325 g/mol. The third-order valence-electron chi connectivity index (χ3n) is 2.21. The molecule has 134 valence electrons. The summed E-state index contributed by atoms with van der Waals surface area (Å²) in [6.07, 6.45) is 1.20. The number of amides is 1. The molecule has 1 amide bonds. The first-order chi connectivity index (χ1) is 10.6. The zero-order valence-corrected chi connectivity index (χ0v) is 13.6. The van der Waals surface area contributed by atoms with Crippen molar-refractivity contribution in [3.63, 3.8) is 0 Å². The zero-order valence-electron chi connectivity index (χ0n) is 13.6. The van der Waals surface area contributed by atoms with Gasteiger partial charge in [-0.3, -0.25) is 4.79 Å². The first-order valence-electron chi connectivity index (χ1n) is 7.39. The van der Waals surface area contributed by atoms with Crippen molar-refractivity contribution in [1.29, 1.82) is 0 Å². The van der Waals surface area contributed by atoms with Crippen molar-refractivity contribution in [2.24, 2.45) is 0 Å². The summed E-state index contributed by atoms with van der Waals surface area (Å²) in [6.45, 7) is 5.02. The van der Waals surface area contributed by atoms with Crippen LogP contribution in [-0.2, 0) is 19.0 Å². The maximum absolute atomic E-state index is 10.1. The van der Waals surface area contributed by atoms with E-state index in [1.54, 1.807) is 7.11 Å². The van der Waals surface area contributed by atoms with E-state index in [4.69, 9.17) is 29.5 Å². The first kappa shape index (κ1) is 23.5. The molecule has 4 N–H and O–H groups in total. The lowest BCUT2D eigenvalue weighted by atomic mass is 10.4. The van der Waals surface area contributed by atoms with E-state index in [2.05, 4.69) is 5.32 Å². The molecule has 0 aromatic heterocycles. The summed E-state index contributed by atoms with van der Waals surface area (Å²) in [4.78, 5) is 10.1. The van der Waals surface area contributed by atoms with Crippen LogP contribution in [0.25, 0.3) is 0 Å². The van der Waals surface area contributed by atoms with Crippen molar-refractivity contribution in [3.8, 4) is 0 Å².